The van der Waals surface area contributed by atoms with E-state index in [1.165, 1.54) is 4.90 Å². The third-order valence-corrected chi connectivity index (χ3v) is 7.98. The molecule has 2 aromatic carbocycles. The number of carbonyl (C=O) groups is 2. The predicted octanol–water partition coefficient (Wildman–Crippen LogP) is 4.54. The van der Waals surface area contributed by atoms with Gasteiger partial charge in [0, 0.05) is 17.4 Å². The average Bonchev–Trinajstić information content (AvgIpc) is 3.36. The molecule has 3 heterocycles. The van der Waals surface area contributed by atoms with Crippen molar-refractivity contribution in [3.63, 3.8) is 0 Å². The topological polar surface area (TPSA) is 91.0 Å². The third-order valence-electron chi connectivity index (χ3n) is 7.98. The zero-order valence-electron chi connectivity index (χ0n) is 21.5. The molecule has 1 saturated carbocycles. The van der Waals surface area contributed by atoms with E-state index in [0.717, 1.165) is 23.7 Å². The van der Waals surface area contributed by atoms with Crippen molar-refractivity contribution in [1.29, 1.82) is 0 Å². The van der Waals surface area contributed by atoms with Crippen molar-refractivity contribution in [3.8, 4) is 0 Å². The highest BCUT2D eigenvalue weighted by molar-refractivity contribution is 5.91. The van der Waals surface area contributed by atoms with Gasteiger partial charge in [0.25, 0.3) is 0 Å². The van der Waals surface area contributed by atoms with E-state index in [1.54, 1.807) is 12.1 Å². The lowest BCUT2D eigenvalue weighted by molar-refractivity contribution is -0.138. The lowest BCUT2D eigenvalue weighted by Crippen LogP contribution is -2.47. The maximum absolute atomic E-state index is 15.1. The fraction of sp³-hybridized carbons (Fsp3) is 0.333. The van der Waals surface area contributed by atoms with E-state index in [-0.39, 0.29) is 30.7 Å². The lowest BCUT2D eigenvalue weighted by atomic mass is 9.97. The molecule has 0 bridgehead atoms. The molecule has 9 heteroatoms. The maximum Gasteiger partial charge on any atom is 0.243 e. The minimum absolute atomic E-state index is 0.0599. The van der Waals surface area contributed by atoms with Crippen LogP contribution in [0.4, 0.5) is 8.78 Å². The number of nitrogens with one attached hydrogen (secondary N) is 2. The van der Waals surface area contributed by atoms with Crippen LogP contribution in [0.25, 0.3) is 10.9 Å². The van der Waals surface area contributed by atoms with E-state index < -0.39 is 30.1 Å². The highest BCUT2D eigenvalue weighted by Crippen LogP contribution is 2.48. The Bertz CT molecular complexity index is 1530. The number of carbonyl (C=O) groups excluding carboxylic acids is 2. The van der Waals surface area contributed by atoms with Crippen LogP contribution in [-0.4, -0.2) is 50.7 Å². The predicted molar refractivity (Wildman–Crippen MR) is 142 cm³/mol. The number of hydrogen-bond donors (Lipinski definition) is 2. The number of likely N-dealkylation sites (tertiary alicyclic amines) is 1. The molecule has 1 saturated heterocycles. The SMILES string of the molecule is CC1(c2ccc([C@H](NC(=O)[C@@H]3C[C@@H](F)CN3C(=O)Cc3n[nH]c4ccccc34)c3ccccc3)nc2F)CC1. The molecule has 2 N–H and O–H groups in total. The van der Waals surface area contributed by atoms with Gasteiger partial charge in [-0.25, -0.2) is 9.37 Å². The van der Waals surface area contributed by atoms with Gasteiger partial charge in [-0.15, -0.1) is 0 Å². The van der Waals surface area contributed by atoms with Crippen molar-refractivity contribution in [2.75, 3.05) is 6.54 Å². The number of benzene rings is 2. The number of nitrogens with zero attached hydrogens (tertiary/aromatic N) is 3. The summed E-state index contributed by atoms with van der Waals surface area (Å²) in [6, 6.07) is 18.3. The van der Waals surface area contributed by atoms with Crippen molar-refractivity contribution in [1.82, 2.24) is 25.4 Å². The van der Waals surface area contributed by atoms with Gasteiger partial charge >= 0.3 is 0 Å². The Balaban J connectivity index is 1.25. The molecule has 0 spiro atoms. The summed E-state index contributed by atoms with van der Waals surface area (Å²) in [4.78, 5) is 32.4. The van der Waals surface area contributed by atoms with Gasteiger partial charge in [-0.05, 0) is 36.0 Å². The number of halogens is 2. The molecule has 200 valence electrons. The van der Waals surface area contributed by atoms with E-state index in [2.05, 4.69) is 20.5 Å². The normalized spacial score (nSPS) is 20.6. The van der Waals surface area contributed by atoms with Gasteiger partial charge in [0.1, 0.15) is 12.2 Å². The lowest BCUT2D eigenvalue weighted by Gasteiger charge is -2.26. The number of aromatic nitrogens is 3. The summed E-state index contributed by atoms with van der Waals surface area (Å²) in [5.41, 5.74) is 2.77. The Morgan fingerprint density at radius 2 is 1.85 bits per heavy atom. The van der Waals surface area contributed by atoms with Gasteiger partial charge in [0.15, 0.2) is 0 Å². The molecule has 2 aromatic heterocycles. The summed E-state index contributed by atoms with van der Waals surface area (Å²) < 4.78 is 29.7. The van der Waals surface area contributed by atoms with Gasteiger partial charge in [0.05, 0.1) is 35.9 Å². The number of aromatic amines is 1. The summed E-state index contributed by atoms with van der Waals surface area (Å²) in [6.45, 7) is 1.84. The second-order valence-corrected chi connectivity index (χ2v) is 10.8. The largest absolute Gasteiger partial charge is 0.342 e. The highest BCUT2D eigenvalue weighted by atomic mass is 19.1. The van der Waals surface area contributed by atoms with Gasteiger partial charge in [0.2, 0.25) is 17.8 Å². The molecule has 6 rings (SSSR count). The fourth-order valence-electron chi connectivity index (χ4n) is 5.44. The van der Waals surface area contributed by atoms with Crippen LogP contribution in [0.15, 0.2) is 66.7 Å². The fourth-order valence-corrected chi connectivity index (χ4v) is 5.44. The molecule has 1 aliphatic carbocycles. The second kappa shape index (κ2) is 9.87. The van der Waals surface area contributed by atoms with Crippen molar-refractivity contribution < 1.29 is 18.4 Å². The van der Waals surface area contributed by atoms with Gasteiger partial charge in [-0.3, -0.25) is 14.7 Å². The number of alkyl halides is 1. The summed E-state index contributed by atoms with van der Waals surface area (Å²) in [6.07, 6.45) is 0.321. The monoisotopic (exact) mass is 529 g/mol. The van der Waals surface area contributed by atoms with Crippen molar-refractivity contribution in [3.05, 3.63) is 95.2 Å². The molecule has 2 aliphatic rings. The number of para-hydroxylation sites is 1. The Morgan fingerprint density at radius 3 is 2.59 bits per heavy atom. The molecule has 0 unspecified atom stereocenters. The Morgan fingerprint density at radius 1 is 1.10 bits per heavy atom. The van der Waals surface area contributed by atoms with Crippen LogP contribution in [0.5, 0.6) is 0 Å². The first-order valence-corrected chi connectivity index (χ1v) is 13.2. The molecule has 7 nitrogen and oxygen atoms in total. The molecule has 1 aliphatic heterocycles. The number of hydrogen-bond acceptors (Lipinski definition) is 4. The second-order valence-electron chi connectivity index (χ2n) is 10.8. The summed E-state index contributed by atoms with van der Waals surface area (Å²) in [5, 5.41) is 10.9. The Hall–Kier alpha value is -4.14. The molecular weight excluding hydrogens is 500 g/mol. The van der Waals surface area contributed by atoms with Crippen LogP contribution in [0.3, 0.4) is 0 Å². The van der Waals surface area contributed by atoms with Crippen molar-refractivity contribution in [2.45, 2.75) is 56.3 Å². The van der Waals surface area contributed by atoms with Gasteiger partial charge < -0.3 is 10.2 Å². The summed E-state index contributed by atoms with van der Waals surface area (Å²) >= 11 is 0. The van der Waals surface area contributed by atoms with Crippen LogP contribution < -0.4 is 5.32 Å². The van der Waals surface area contributed by atoms with E-state index >= 15 is 4.39 Å². The molecule has 39 heavy (non-hydrogen) atoms. The molecule has 2 fully saturated rings. The zero-order chi connectivity index (χ0) is 27.1. The van der Waals surface area contributed by atoms with Crippen LogP contribution >= 0.6 is 0 Å². The van der Waals surface area contributed by atoms with Crippen molar-refractivity contribution in [2.24, 2.45) is 0 Å². The molecular formula is C30H29F2N5O2. The first-order chi connectivity index (χ1) is 18.8. The number of fused-ring (bicyclic) bond motifs is 1. The maximum atomic E-state index is 15.1. The van der Waals surface area contributed by atoms with E-state index in [0.29, 0.717) is 22.5 Å². The number of amides is 2. The van der Waals surface area contributed by atoms with Gasteiger partial charge in [-0.2, -0.15) is 9.49 Å². The minimum atomic E-state index is -1.33. The standard InChI is InChI=1S/C30H29F2N5O2/c1-30(13-14-30)21-11-12-23(33-28(21)32)27(18-7-3-2-4-8-18)34-29(39)25-15-19(31)17-37(25)26(38)16-24-20-9-5-6-10-22(20)35-36-24/h2-12,19,25,27H,13-17H2,1H3,(H,34,39)(H,35,36)/t19-,25+,27-/m1/s1. The first-order valence-electron chi connectivity index (χ1n) is 13.2. The van der Waals surface area contributed by atoms with Crippen LogP contribution in [-0.2, 0) is 21.4 Å². The Labute approximate surface area is 224 Å². The van der Waals surface area contributed by atoms with Crippen LogP contribution in [0.1, 0.15) is 54.7 Å². The number of rotatable bonds is 7. The van der Waals surface area contributed by atoms with Crippen LogP contribution in [0, 0.1) is 5.95 Å². The summed E-state index contributed by atoms with van der Waals surface area (Å²) in [5.74, 6) is -1.44. The smallest absolute Gasteiger partial charge is 0.243 e. The number of H-pyrrole nitrogens is 1. The highest BCUT2D eigenvalue weighted by Gasteiger charge is 2.43. The van der Waals surface area contributed by atoms with E-state index in [1.807, 2.05) is 61.5 Å². The quantitative estimate of drug-likeness (QED) is 0.344. The van der Waals surface area contributed by atoms with E-state index in [4.69, 9.17) is 0 Å². The van der Waals surface area contributed by atoms with E-state index in [9.17, 15) is 14.0 Å². The average molecular weight is 530 g/mol. The molecule has 3 atom stereocenters. The van der Waals surface area contributed by atoms with Gasteiger partial charge in [-0.1, -0.05) is 61.5 Å². The first kappa shape index (κ1) is 25.2. The molecule has 0 radical (unpaired) electrons. The zero-order valence-corrected chi connectivity index (χ0v) is 21.5. The summed E-state index contributed by atoms with van der Waals surface area (Å²) in [7, 11) is 0. The Kier molecular flexibility index (Phi) is 6.37. The molecule has 2 amide bonds. The molecule has 4 aromatic rings. The number of pyridine rings is 1. The van der Waals surface area contributed by atoms with Crippen LogP contribution in [0.2, 0.25) is 0 Å². The third kappa shape index (κ3) is 4.89. The minimum Gasteiger partial charge on any atom is -0.342 e. The van der Waals surface area contributed by atoms with Crippen molar-refractivity contribution >= 4 is 22.7 Å².